The predicted molar refractivity (Wildman–Crippen MR) is 106 cm³/mol. The van der Waals surface area contributed by atoms with Gasteiger partial charge in [-0.3, -0.25) is 4.72 Å². The number of anilines is 1. The molecule has 0 fully saturated rings. The number of methoxy groups -OCH3 is 2. The molecule has 0 aliphatic heterocycles. The van der Waals surface area contributed by atoms with E-state index in [0.29, 0.717) is 11.7 Å². The van der Waals surface area contributed by atoms with Gasteiger partial charge in [-0.2, -0.15) is 0 Å². The van der Waals surface area contributed by atoms with E-state index in [9.17, 15) is 12.8 Å². The van der Waals surface area contributed by atoms with Gasteiger partial charge in [-0.05, 0) is 69.3 Å². The maximum Gasteiger partial charge on any atom is 0.262 e. The first-order valence-corrected chi connectivity index (χ1v) is 10.5. The minimum Gasteiger partial charge on any atom is -0.496 e. The largest absolute Gasteiger partial charge is 0.496 e. The van der Waals surface area contributed by atoms with E-state index >= 15 is 0 Å². The second-order valence-corrected chi connectivity index (χ2v) is 8.72. The van der Waals surface area contributed by atoms with Gasteiger partial charge in [0.05, 0.1) is 24.8 Å². The summed E-state index contributed by atoms with van der Waals surface area (Å²) in [5.41, 5.74) is 2.44. The Bertz CT molecular complexity index is 976. The van der Waals surface area contributed by atoms with Crippen molar-refractivity contribution in [2.75, 3.05) is 33.0 Å². The van der Waals surface area contributed by atoms with Crippen molar-refractivity contribution >= 4 is 15.7 Å². The molecule has 152 valence electrons. The van der Waals surface area contributed by atoms with E-state index in [1.165, 1.54) is 19.2 Å². The van der Waals surface area contributed by atoms with Crippen LogP contribution in [0.3, 0.4) is 0 Å². The molecule has 0 saturated heterocycles. The fourth-order valence-corrected chi connectivity index (χ4v) is 4.68. The second-order valence-electron chi connectivity index (χ2n) is 7.03. The average molecular weight is 408 g/mol. The molecule has 2 aromatic carbocycles. The van der Waals surface area contributed by atoms with E-state index < -0.39 is 15.8 Å². The van der Waals surface area contributed by atoms with Gasteiger partial charge >= 0.3 is 0 Å². The van der Waals surface area contributed by atoms with Gasteiger partial charge in [0.25, 0.3) is 10.0 Å². The first kappa shape index (κ1) is 20.4. The van der Waals surface area contributed by atoms with Gasteiger partial charge < -0.3 is 14.4 Å². The van der Waals surface area contributed by atoms with Crippen LogP contribution in [0, 0.1) is 5.82 Å². The highest BCUT2D eigenvalue weighted by molar-refractivity contribution is 7.92. The number of nitrogens with one attached hydrogen (secondary N) is 1. The van der Waals surface area contributed by atoms with Gasteiger partial charge in [-0.15, -0.1) is 0 Å². The van der Waals surface area contributed by atoms with E-state index in [4.69, 9.17) is 9.47 Å². The molecule has 1 aliphatic carbocycles. The summed E-state index contributed by atoms with van der Waals surface area (Å²) in [6.45, 7) is 0. The molecule has 0 radical (unpaired) electrons. The first-order chi connectivity index (χ1) is 13.3. The van der Waals surface area contributed by atoms with Crippen LogP contribution in [-0.4, -0.2) is 47.7 Å². The molecular weight excluding hydrogens is 383 g/mol. The summed E-state index contributed by atoms with van der Waals surface area (Å²) in [6, 6.07) is 7.41. The molecule has 1 N–H and O–H groups in total. The number of halogens is 1. The monoisotopic (exact) mass is 408 g/mol. The van der Waals surface area contributed by atoms with Crippen LogP contribution in [-0.2, 0) is 22.9 Å². The SMILES string of the molecule is COc1ccc(S(=O)(=O)Nc2ccc(OC)c3c2CC[C@H](N(C)C)C3)cc1F. The number of likely N-dealkylation sites (N-methyl/N-ethyl adjacent to an activating group) is 1. The number of rotatable bonds is 6. The van der Waals surface area contributed by atoms with Crippen molar-refractivity contribution < 1.29 is 22.3 Å². The molecule has 0 aromatic heterocycles. The van der Waals surface area contributed by atoms with E-state index in [0.717, 1.165) is 42.2 Å². The molecule has 0 saturated carbocycles. The summed E-state index contributed by atoms with van der Waals surface area (Å²) >= 11 is 0. The van der Waals surface area contributed by atoms with Crippen molar-refractivity contribution in [1.82, 2.24) is 4.90 Å². The molecule has 0 amide bonds. The number of benzene rings is 2. The van der Waals surface area contributed by atoms with Gasteiger partial charge in [0, 0.05) is 11.6 Å². The second kappa shape index (κ2) is 7.97. The molecule has 8 heteroatoms. The Morgan fingerprint density at radius 2 is 1.75 bits per heavy atom. The molecular formula is C20H25FN2O4S. The zero-order chi connectivity index (χ0) is 20.5. The lowest BCUT2D eigenvalue weighted by molar-refractivity contribution is 0.265. The molecule has 0 heterocycles. The predicted octanol–water partition coefficient (Wildman–Crippen LogP) is 3.06. The standard InChI is InChI=1S/C20H25FN2O4S/c1-23(2)13-5-7-15-16(11-13)19(26-3)10-8-18(15)22-28(24,25)14-6-9-20(27-4)17(21)12-14/h6,8-10,12-13,22H,5,7,11H2,1-4H3/t13-/m0/s1. The molecule has 0 unspecified atom stereocenters. The molecule has 3 rings (SSSR count). The normalized spacial score (nSPS) is 16.6. The Hall–Kier alpha value is -2.32. The molecule has 2 aromatic rings. The van der Waals surface area contributed by atoms with Crippen molar-refractivity contribution in [2.24, 2.45) is 0 Å². The quantitative estimate of drug-likeness (QED) is 0.796. The summed E-state index contributed by atoms with van der Waals surface area (Å²) in [6.07, 6.45) is 2.42. The van der Waals surface area contributed by atoms with Crippen molar-refractivity contribution in [1.29, 1.82) is 0 Å². The number of hydrogen-bond donors (Lipinski definition) is 1. The van der Waals surface area contributed by atoms with Gasteiger partial charge in [-0.1, -0.05) is 0 Å². The maximum atomic E-state index is 14.0. The van der Waals surface area contributed by atoms with Gasteiger partial charge in [0.2, 0.25) is 0 Å². The summed E-state index contributed by atoms with van der Waals surface area (Å²) in [5, 5.41) is 0. The van der Waals surface area contributed by atoms with Gasteiger partial charge in [0.1, 0.15) is 5.75 Å². The summed E-state index contributed by atoms with van der Waals surface area (Å²) < 4.78 is 52.6. The Morgan fingerprint density at radius 3 is 2.36 bits per heavy atom. The molecule has 0 spiro atoms. The highest BCUT2D eigenvalue weighted by Crippen LogP contribution is 2.36. The van der Waals surface area contributed by atoms with Crippen LogP contribution in [0.5, 0.6) is 11.5 Å². The van der Waals surface area contributed by atoms with E-state index in [-0.39, 0.29) is 10.6 Å². The Balaban J connectivity index is 1.97. The number of ether oxygens (including phenoxy) is 2. The lowest BCUT2D eigenvalue weighted by Gasteiger charge is -2.32. The zero-order valence-electron chi connectivity index (χ0n) is 16.5. The van der Waals surface area contributed by atoms with Crippen LogP contribution in [0.25, 0.3) is 0 Å². The Kier molecular flexibility index (Phi) is 5.81. The van der Waals surface area contributed by atoms with Crippen molar-refractivity contribution in [3.63, 3.8) is 0 Å². The van der Waals surface area contributed by atoms with Crippen LogP contribution in [0.1, 0.15) is 17.5 Å². The molecule has 6 nitrogen and oxygen atoms in total. The lowest BCUT2D eigenvalue weighted by atomic mass is 9.86. The van der Waals surface area contributed by atoms with Crippen molar-refractivity contribution in [3.8, 4) is 11.5 Å². The average Bonchev–Trinajstić information content (AvgIpc) is 2.67. The van der Waals surface area contributed by atoms with E-state index in [1.807, 2.05) is 14.1 Å². The Labute approximate surface area is 165 Å². The van der Waals surface area contributed by atoms with Crippen LogP contribution in [0.2, 0.25) is 0 Å². The fourth-order valence-electron chi connectivity index (χ4n) is 3.58. The molecule has 1 aliphatic rings. The van der Waals surface area contributed by atoms with Crippen LogP contribution in [0.15, 0.2) is 35.2 Å². The Morgan fingerprint density at radius 1 is 1.07 bits per heavy atom. The third-order valence-electron chi connectivity index (χ3n) is 5.18. The highest BCUT2D eigenvalue weighted by Gasteiger charge is 2.27. The minimum absolute atomic E-state index is 0.00416. The van der Waals surface area contributed by atoms with Crippen LogP contribution >= 0.6 is 0 Å². The number of fused-ring (bicyclic) bond motifs is 1. The lowest BCUT2D eigenvalue weighted by Crippen LogP contribution is -2.34. The van der Waals surface area contributed by atoms with E-state index in [1.54, 1.807) is 19.2 Å². The summed E-state index contributed by atoms with van der Waals surface area (Å²) in [4.78, 5) is 2.01. The topological polar surface area (TPSA) is 67.9 Å². The van der Waals surface area contributed by atoms with Crippen molar-refractivity contribution in [2.45, 2.75) is 30.2 Å². The molecule has 28 heavy (non-hydrogen) atoms. The smallest absolute Gasteiger partial charge is 0.262 e. The van der Waals surface area contributed by atoms with Gasteiger partial charge in [-0.25, -0.2) is 12.8 Å². The highest BCUT2D eigenvalue weighted by atomic mass is 32.2. The van der Waals surface area contributed by atoms with Crippen molar-refractivity contribution in [3.05, 3.63) is 47.3 Å². The third-order valence-corrected chi connectivity index (χ3v) is 6.55. The van der Waals surface area contributed by atoms with Crippen LogP contribution in [0.4, 0.5) is 10.1 Å². The zero-order valence-corrected chi connectivity index (χ0v) is 17.3. The first-order valence-electron chi connectivity index (χ1n) is 8.98. The number of nitrogens with zero attached hydrogens (tertiary/aromatic N) is 1. The van der Waals surface area contributed by atoms with Crippen LogP contribution < -0.4 is 14.2 Å². The fraction of sp³-hybridized carbons (Fsp3) is 0.400. The third kappa shape index (κ3) is 3.93. The molecule has 0 bridgehead atoms. The number of sulfonamides is 1. The number of hydrogen-bond acceptors (Lipinski definition) is 5. The summed E-state index contributed by atoms with van der Waals surface area (Å²) in [7, 11) is 3.07. The molecule has 1 atom stereocenters. The van der Waals surface area contributed by atoms with Gasteiger partial charge in [0.15, 0.2) is 11.6 Å². The maximum absolute atomic E-state index is 14.0. The minimum atomic E-state index is -3.94. The van der Waals surface area contributed by atoms with E-state index in [2.05, 4.69) is 9.62 Å². The summed E-state index contributed by atoms with van der Waals surface area (Å²) in [5.74, 6) is 0.0199.